The molecule has 29 heavy (non-hydrogen) atoms. The molecule has 0 unspecified atom stereocenters. The van der Waals surface area contributed by atoms with Crippen molar-refractivity contribution in [2.24, 2.45) is 5.73 Å². The van der Waals surface area contributed by atoms with E-state index in [-0.39, 0.29) is 5.91 Å². The Morgan fingerprint density at radius 1 is 1.31 bits per heavy atom. The Kier molecular flexibility index (Phi) is 7.12. The van der Waals surface area contributed by atoms with Crippen molar-refractivity contribution in [2.75, 3.05) is 22.2 Å². The van der Waals surface area contributed by atoms with Crippen molar-refractivity contribution in [1.82, 2.24) is 5.32 Å². The molecule has 0 saturated carbocycles. The molecule has 10 heteroatoms. The normalized spacial score (nSPS) is 16.8. The number of primary amides is 1. The molecule has 0 radical (unpaired) electrons. The molecular formula is C19H26N4O5S. The minimum absolute atomic E-state index is 0.310. The van der Waals surface area contributed by atoms with Gasteiger partial charge in [0.1, 0.15) is 11.6 Å². The fourth-order valence-corrected chi connectivity index (χ4v) is 3.46. The number of rotatable bonds is 7. The van der Waals surface area contributed by atoms with E-state index in [1.165, 1.54) is 23.6 Å². The molecule has 2 atom stereocenters. The Labute approximate surface area is 173 Å². The molecule has 4 amide bonds. The molecule has 1 aromatic carbocycles. The van der Waals surface area contributed by atoms with Crippen LogP contribution in [0.15, 0.2) is 24.3 Å². The molecule has 0 aliphatic carbocycles. The Balaban J connectivity index is 2.22. The number of benzene rings is 1. The van der Waals surface area contributed by atoms with Gasteiger partial charge in [-0.05, 0) is 51.3 Å². The molecule has 0 aromatic heterocycles. The number of nitrogens with zero attached hydrogens (tertiary/aromatic N) is 1. The molecule has 4 N–H and O–H groups in total. The van der Waals surface area contributed by atoms with Crippen LogP contribution in [0.3, 0.4) is 0 Å². The zero-order valence-corrected chi connectivity index (χ0v) is 17.7. The monoisotopic (exact) mass is 422 g/mol. The number of nitrogens with one attached hydrogen (secondary N) is 2. The van der Waals surface area contributed by atoms with E-state index in [0.29, 0.717) is 23.5 Å². The standard InChI is InChI=1S/C19H26N4O5S/c1-11(28-16(25)13(9-10-29-4)22-18(20)27)15(24)23-14-8-6-5-7-12(14)21-17(26)19(23,2)3/h5-8,11,13H,9-10H2,1-4H3,(H,21,26)(H3,20,22,27)/t11-,13+/m1/s1. The third-order valence-corrected chi connectivity index (χ3v) is 5.22. The SMILES string of the molecule is CSCC[C@H](NC(N)=O)C(=O)O[C@H](C)C(=O)N1c2ccccc2NC(=O)C1(C)C. The van der Waals surface area contributed by atoms with Crippen LogP contribution in [0.4, 0.5) is 16.2 Å². The molecule has 0 spiro atoms. The average Bonchev–Trinajstić information content (AvgIpc) is 2.65. The van der Waals surface area contributed by atoms with E-state index >= 15 is 0 Å². The molecule has 158 valence electrons. The van der Waals surface area contributed by atoms with Gasteiger partial charge >= 0.3 is 12.0 Å². The van der Waals surface area contributed by atoms with Crippen LogP contribution in [0.25, 0.3) is 0 Å². The van der Waals surface area contributed by atoms with Gasteiger partial charge < -0.3 is 21.1 Å². The maximum absolute atomic E-state index is 13.2. The highest BCUT2D eigenvalue weighted by Crippen LogP contribution is 2.37. The van der Waals surface area contributed by atoms with Gasteiger partial charge in [-0.15, -0.1) is 0 Å². The molecule has 2 rings (SSSR count). The zero-order chi connectivity index (χ0) is 21.8. The van der Waals surface area contributed by atoms with Gasteiger partial charge in [0.15, 0.2) is 6.10 Å². The van der Waals surface area contributed by atoms with Gasteiger partial charge in [-0.3, -0.25) is 14.5 Å². The van der Waals surface area contributed by atoms with Gasteiger partial charge in [-0.1, -0.05) is 12.1 Å². The number of thioether (sulfide) groups is 1. The van der Waals surface area contributed by atoms with E-state index < -0.39 is 35.6 Å². The van der Waals surface area contributed by atoms with Crippen molar-refractivity contribution in [1.29, 1.82) is 0 Å². The lowest BCUT2D eigenvalue weighted by atomic mass is 9.95. The summed E-state index contributed by atoms with van der Waals surface area (Å²) in [6.07, 6.45) is 0.997. The van der Waals surface area contributed by atoms with Crippen molar-refractivity contribution in [3.05, 3.63) is 24.3 Å². The summed E-state index contributed by atoms with van der Waals surface area (Å²) < 4.78 is 5.33. The number of amides is 4. The number of hydrogen-bond acceptors (Lipinski definition) is 6. The quantitative estimate of drug-likeness (QED) is 0.571. The number of carbonyl (C=O) groups is 4. The van der Waals surface area contributed by atoms with Crippen molar-refractivity contribution < 1.29 is 23.9 Å². The first-order valence-electron chi connectivity index (χ1n) is 9.09. The van der Waals surface area contributed by atoms with Gasteiger partial charge in [0.2, 0.25) is 5.91 Å². The molecular weight excluding hydrogens is 396 g/mol. The first-order chi connectivity index (χ1) is 13.6. The van der Waals surface area contributed by atoms with Crippen LogP contribution in [0.5, 0.6) is 0 Å². The third kappa shape index (κ3) is 5.00. The molecule has 1 aliphatic heterocycles. The van der Waals surface area contributed by atoms with Gasteiger partial charge in [0.25, 0.3) is 5.91 Å². The Morgan fingerprint density at radius 3 is 2.59 bits per heavy atom. The second-order valence-corrected chi connectivity index (χ2v) is 8.11. The summed E-state index contributed by atoms with van der Waals surface area (Å²) in [5, 5.41) is 5.11. The lowest BCUT2D eigenvalue weighted by molar-refractivity contribution is -0.156. The number of nitrogens with two attached hydrogens (primary N) is 1. The summed E-state index contributed by atoms with van der Waals surface area (Å²) >= 11 is 1.50. The lowest BCUT2D eigenvalue weighted by Crippen LogP contribution is -2.61. The number of urea groups is 1. The highest BCUT2D eigenvalue weighted by Gasteiger charge is 2.45. The van der Waals surface area contributed by atoms with Gasteiger partial charge in [0, 0.05) is 0 Å². The number of hydrogen-bond donors (Lipinski definition) is 3. The summed E-state index contributed by atoms with van der Waals surface area (Å²) in [5.74, 6) is -1.06. The maximum Gasteiger partial charge on any atom is 0.329 e. The topological polar surface area (TPSA) is 131 Å². The van der Waals surface area contributed by atoms with Crippen molar-refractivity contribution in [3.8, 4) is 0 Å². The van der Waals surface area contributed by atoms with E-state index in [1.807, 2.05) is 6.26 Å². The van der Waals surface area contributed by atoms with Gasteiger partial charge in [-0.25, -0.2) is 9.59 Å². The highest BCUT2D eigenvalue weighted by molar-refractivity contribution is 7.98. The van der Waals surface area contributed by atoms with E-state index in [0.717, 1.165) is 0 Å². The van der Waals surface area contributed by atoms with Crippen LogP contribution in [-0.4, -0.2) is 53.5 Å². The Morgan fingerprint density at radius 2 is 1.97 bits per heavy atom. The second-order valence-electron chi connectivity index (χ2n) is 7.13. The van der Waals surface area contributed by atoms with E-state index in [1.54, 1.807) is 38.1 Å². The van der Waals surface area contributed by atoms with Gasteiger partial charge in [0.05, 0.1) is 11.4 Å². The van der Waals surface area contributed by atoms with Gasteiger partial charge in [-0.2, -0.15) is 11.8 Å². The number of carbonyl (C=O) groups excluding carboxylic acids is 4. The fourth-order valence-electron chi connectivity index (χ4n) is 2.99. The number of fused-ring (bicyclic) bond motifs is 1. The van der Waals surface area contributed by atoms with Crippen LogP contribution >= 0.6 is 11.8 Å². The fraction of sp³-hybridized carbons (Fsp3) is 0.474. The van der Waals surface area contributed by atoms with E-state index in [9.17, 15) is 19.2 Å². The molecule has 1 heterocycles. The van der Waals surface area contributed by atoms with E-state index in [2.05, 4.69) is 10.6 Å². The predicted molar refractivity (Wildman–Crippen MR) is 112 cm³/mol. The summed E-state index contributed by atoms with van der Waals surface area (Å²) in [4.78, 5) is 50.7. The molecule has 0 fully saturated rings. The zero-order valence-electron chi connectivity index (χ0n) is 16.9. The van der Waals surface area contributed by atoms with E-state index in [4.69, 9.17) is 10.5 Å². The van der Waals surface area contributed by atoms with Crippen molar-refractivity contribution in [2.45, 2.75) is 44.9 Å². The van der Waals surface area contributed by atoms with Crippen LogP contribution in [0.2, 0.25) is 0 Å². The number of esters is 1. The summed E-state index contributed by atoms with van der Waals surface area (Å²) in [6, 6.07) is 5.08. The molecule has 0 bridgehead atoms. The first-order valence-corrected chi connectivity index (χ1v) is 10.5. The van der Waals surface area contributed by atoms with Crippen molar-refractivity contribution >= 4 is 47.0 Å². The lowest BCUT2D eigenvalue weighted by Gasteiger charge is -2.42. The smallest absolute Gasteiger partial charge is 0.329 e. The highest BCUT2D eigenvalue weighted by atomic mass is 32.2. The average molecular weight is 423 g/mol. The predicted octanol–water partition coefficient (Wildman–Crippen LogP) is 1.47. The number of ether oxygens (including phenoxy) is 1. The third-order valence-electron chi connectivity index (χ3n) is 4.58. The largest absolute Gasteiger partial charge is 0.451 e. The molecule has 9 nitrogen and oxygen atoms in total. The maximum atomic E-state index is 13.2. The number of anilines is 2. The van der Waals surface area contributed by atoms with Crippen LogP contribution < -0.4 is 21.3 Å². The Bertz CT molecular complexity index is 814. The molecule has 1 aliphatic rings. The first kappa shape index (κ1) is 22.5. The van der Waals surface area contributed by atoms with Crippen LogP contribution in [0.1, 0.15) is 27.2 Å². The Hall–Kier alpha value is -2.75. The number of para-hydroxylation sites is 2. The molecule has 0 saturated heterocycles. The summed E-state index contributed by atoms with van der Waals surface area (Å²) in [7, 11) is 0. The van der Waals surface area contributed by atoms with Crippen LogP contribution in [-0.2, 0) is 19.1 Å². The minimum atomic E-state index is -1.18. The molecule has 1 aromatic rings. The summed E-state index contributed by atoms with van der Waals surface area (Å²) in [6.45, 7) is 4.66. The second kappa shape index (κ2) is 9.17. The summed E-state index contributed by atoms with van der Waals surface area (Å²) in [5.41, 5.74) is 4.96. The minimum Gasteiger partial charge on any atom is -0.451 e. The van der Waals surface area contributed by atoms with Crippen LogP contribution in [0, 0.1) is 0 Å². The van der Waals surface area contributed by atoms with Crippen molar-refractivity contribution in [3.63, 3.8) is 0 Å².